The maximum atomic E-state index is 12.8. The van der Waals surface area contributed by atoms with E-state index in [0.29, 0.717) is 10.6 Å². The fraction of sp³-hybridized carbons (Fsp3) is 0.308. The van der Waals surface area contributed by atoms with E-state index in [1.165, 1.54) is 18.3 Å². The van der Waals surface area contributed by atoms with E-state index in [1.54, 1.807) is 0 Å². The molecule has 1 N–H and O–H groups in total. The van der Waals surface area contributed by atoms with Crippen molar-refractivity contribution in [3.63, 3.8) is 0 Å². The molecule has 2 aromatic rings. The molecule has 1 aliphatic rings. The maximum absolute atomic E-state index is 12.8. The van der Waals surface area contributed by atoms with Crippen LogP contribution in [0.4, 0.5) is 23.5 Å². The molecule has 0 amide bonds. The van der Waals surface area contributed by atoms with Crippen LogP contribution in [0.25, 0.3) is 0 Å². The molecule has 0 atom stereocenters. The Kier molecular flexibility index (Phi) is 3.81. The van der Waals surface area contributed by atoms with Crippen LogP contribution in [0, 0.1) is 5.13 Å². The number of nitrogens with one attached hydrogen (secondary N) is 1. The average molecular weight is 330 g/mol. The number of thiophene rings is 1. The lowest BCUT2D eigenvalue weighted by Crippen LogP contribution is -2.12. The van der Waals surface area contributed by atoms with E-state index >= 15 is 0 Å². The van der Waals surface area contributed by atoms with Crippen molar-refractivity contribution in [2.24, 2.45) is 5.10 Å². The molecule has 116 valence electrons. The van der Waals surface area contributed by atoms with E-state index < -0.39 is 11.9 Å². The van der Waals surface area contributed by atoms with Gasteiger partial charge in [0.2, 0.25) is 5.95 Å². The fourth-order valence-corrected chi connectivity index (χ4v) is 2.40. The summed E-state index contributed by atoms with van der Waals surface area (Å²) in [5.74, 6) is -0.162. The number of hydrogen-bond acceptors (Lipinski definition) is 5. The third-order valence-corrected chi connectivity index (χ3v) is 3.79. The zero-order chi connectivity index (χ0) is 15.7. The standard InChI is InChI=1S/C13H10F4N4S/c14-11-4-3-8(22-11)6-18-21-12-19-9(7-1-2-7)5-10(20-12)13(15,16)17/h3-7H,1-2H2,(H,19,20,21)/b18-6+. The van der Waals surface area contributed by atoms with Gasteiger partial charge in [-0.25, -0.2) is 15.4 Å². The lowest BCUT2D eigenvalue weighted by atomic mass is 10.2. The Morgan fingerprint density at radius 2 is 2.05 bits per heavy atom. The summed E-state index contributed by atoms with van der Waals surface area (Å²) in [6.45, 7) is 0. The molecule has 0 aromatic carbocycles. The Balaban J connectivity index is 1.80. The molecule has 1 fully saturated rings. The first-order valence-corrected chi connectivity index (χ1v) is 7.24. The van der Waals surface area contributed by atoms with Crippen LogP contribution in [-0.4, -0.2) is 16.2 Å². The van der Waals surface area contributed by atoms with E-state index in [9.17, 15) is 17.6 Å². The van der Waals surface area contributed by atoms with Crippen LogP contribution < -0.4 is 5.43 Å². The minimum absolute atomic E-state index is 0.0556. The van der Waals surface area contributed by atoms with Crippen LogP contribution in [-0.2, 0) is 6.18 Å². The monoisotopic (exact) mass is 330 g/mol. The molecule has 0 unspecified atom stereocenters. The van der Waals surface area contributed by atoms with Gasteiger partial charge in [0.15, 0.2) is 5.13 Å². The predicted octanol–water partition coefficient (Wildman–Crippen LogP) is 4.02. The van der Waals surface area contributed by atoms with E-state index in [0.717, 1.165) is 30.2 Å². The fourth-order valence-electron chi connectivity index (χ4n) is 1.80. The molecule has 0 saturated heterocycles. The van der Waals surface area contributed by atoms with Crippen molar-refractivity contribution in [3.8, 4) is 0 Å². The summed E-state index contributed by atoms with van der Waals surface area (Å²) < 4.78 is 51.3. The Morgan fingerprint density at radius 3 is 2.64 bits per heavy atom. The highest BCUT2D eigenvalue weighted by Gasteiger charge is 2.36. The Morgan fingerprint density at radius 1 is 1.27 bits per heavy atom. The highest BCUT2D eigenvalue weighted by Crippen LogP contribution is 2.41. The molecule has 3 rings (SSSR count). The normalized spacial score (nSPS) is 15.5. The largest absolute Gasteiger partial charge is 0.433 e. The molecule has 0 bridgehead atoms. The van der Waals surface area contributed by atoms with Crippen LogP contribution in [0.3, 0.4) is 0 Å². The summed E-state index contributed by atoms with van der Waals surface area (Å²) in [7, 11) is 0. The Hall–Kier alpha value is -2.03. The predicted molar refractivity (Wildman–Crippen MR) is 74.5 cm³/mol. The zero-order valence-corrected chi connectivity index (χ0v) is 11.9. The maximum Gasteiger partial charge on any atom is 0.433 e. The summed E-state index contributed by atoms with van der Waals surface area (Å²) in [6, 6.07) is 3.76. The molecule has 4 nitrogen and oxygen atoms in total. The van der Waals surface area contributed by atoms with E-state index in [4.69, 9.17) is 0 Å². The number of rotatable bonds is 4. The first kappa shape index (κ1) is 14.9. The van der Waals surface area contributed by atoms with Gasteiger partial charge < -0.3 is 0 Å². The van der Waals surface area contributed by atoms with Gasteiger partial charge in [0.1, 0.15) is 5.69 Å². The van der Waals surface area contributed by atoms with Crippen molar-refractivity contribution >= 4 is 23.5 Å². The average Bonchev–Trinajstić information content (AvgIpc) is 3.21. The number of anilines is 1. The third-order valence-electron chi connectivity index (χ3n) is 2.98. The molecule has 0 aliphatic heterocycles. The van der Waals surface area contributed by atoms with Crippen LogP contribution in [0.5, 0.6) is 0 Å². The molecule has 2 aromatic heterocycles. The molecular weight excluding hydrogens is 320 g/mol. The number of hydrogen-bond donors (Lipinski definition) is 1. The summed E-state index contributed by atoms with van der Waals surface area (Å²) in [5, 5.41) is 3.38. The lowest BCUT2D eigenvalue weighted by molar-refractivity contribution is -0.141. The molecule has 1 saturated carbocycles. The Bertz CT molecular complexity index is 706. The van der Waals surface area contributed by atoms with Crippen molar-refractivity contribution in [3.05, 3.63) is 39.6 Å². The minimum atomic E-state index is -4.54. The molecule has 0 radical (unpaired) electrons. The second-order valence-corrected chi connectivity index (χ2v) is 5.85. The van der Waals surface area contributed by atoms with Crippen molar-refractivity contribution in [1.29, 1.82) is 0 Å². The summed E-state index contributed by atoms with van der Waals surface area (Å²) in [6.07, 6.45) is -1.59. The van der Waals surface area contributed by atoms with Gasteiger partial charge in [0, 0.05) is 11.6 Å². The van der Waals surface area contributed by atoms with Gasteiger partial charge >= 0.3 is 6.18 Å². The van der Waals surface area contributed by atoms with Crippen molar-refractivity contribution < 1.29 is 17.6 Å². The molecule has 1 aliphatic carbocycles. The second kappa shape index (κ2) is 5.64. The van der Waals surface area contributed by atoms with Gasteiger partial charge in [-0.3, -0.25) is 0 Å². The van der Waals surface area contributed by atoms with Crippen molar-refractivity contribution in [2.45, 2.75) is 24.9 Å². The first-order chi connectivity index (χ1) is 10.4. The SMILES string of the molecule is Fc1ccc(/C=N/Nc2nc(C3CC3)cc(C(F)(F)F)n2)s1. The molecule has 9 heteroatoms. The van der Waals surface area contributed by atoms with Crippen LogP contribution in [0.1, 0.15) is 35.0 Å². The third kappa shape index (κ3) is 3.59. The highest BCUT2D eigenvalue weighted by molar-refractivity contribution is 7.12. The van der Waals surface area contributed by atoms with Crippen LogP contribution in [0.2, 0.25) is 0 Å². The molecular formula is C13H10F4N4S. The van der Waals surface area contributed by atoms with E-state index in [-0.39, 0.29) is 17.0 Å². The van der Waals surface area contributed by atoms with Gasteiger partial charge in [-0.15, -0.1) is 11.3 Å². The topological polar surface area (TPSA) is 50.2 Å². The molecule has 0 spiro atoms. The molecule has 22 heavy (non-hydrogen) atoms. The number of aromatic nitrogens is 2. The number of hydrazone groups is 1. The van der Waals surface area contributed by atoms with Crippen molar-refractivity contribution in [1.82, 2.24) is 9.97 Å². The lowest BCUT2D eigenvalue weighted by Gasteiger charge is -2.09. The zero-order valence-electron chi connectivity index (χ0n) is 11.1. The summed E-state index contributed by atoms with van der Waals surface area (Å²) in [4.78, 5) is 7.99. The van der Waals surface area contributed by atoms with Gasteiger partial charge in [-0.2, -0.15) is 22.7 Å². The second-order valence-electron chi connectivity index (χ2n) is 4.79. The van der Waals surface area contributed by atoms with Gasteiger partial charge in [0.05, 0.1) is 11.1 Å². The number of alkyl halides is 3. The number of halogens is 4. The van der Waals surface area contributed by atoms with Gasteiger partial charge in [-0.05, 0) is 31.0 Å². The smallest absolute Gasteiger partial charge is 0.245 e. The van der Waals surface area contributed by atoms with Crippen LogP contribution >= 0.6 is 11.3 Å². The van der Waals surface area contributed by atoms with Crippen LogP contribution in [0.15, 0.2) is 23.3 Å². The first-order valence-electron chi connectivity index (χ1n) is 6.42. The van der Waals surface area contributed by atoms with E-state index in [1.807, 2.05) is 0 Å². The minimum Gasteiger partial charge on any atom is -0.245 e. The molecule has 2 heterocycles. The van der Waals surface area contributed by atoms with E-state index in [2.05, 4.69) is 20.5 Å². The Labute approximate surface area is 126 Å². The number of nitrogens with zero attached hydrogens (tertiary/aromatic N) is 3. The van der Waals surface area contributed by atoms with Gasteiger partial charge in [-0.1, -0.05) is 0 Å². The van der Waals surface area contributed by atoms with Crippen molar-refractivity contribution in [2.75, 3.05) is 5.43 Å². The summed E-state index contributed by atoms with van der Waals surface area (Å²) >= 11 is 0.872. The highest BCUT2D eigenvalue weighted by atomic mass is 32.1. The summed E-state index contributed by atoms with van der Waals surface area (Å²) in [5.41, 5.74) is 1.74. The van der Waals surface area contributed by atoms with Gasteiger partial charge in [0.25, 0.3) is 0 Å². The quantitative estimate of drug-likeness (QED) is 0.523.